The molecule has 3 amide bonds. The molecule has 0 radical (unpaired) electrons. The Labute approximate surface area is 223 Å². The Morgan fingerprint density at radius 1 is 1.05 bits per heavy atom. The summed E-state index contributed by atoms with van der Waals surface area (Å²) in [5, 5.41) is 0. The molecular formula is C30H37FN4O3. The van der Waals surface area contributed by atoms with Crippen LogP contribution in [-0.2, 0) is 26.2 Å². The lowest BCUT2D eigenvalue weighted by Gasteiger charge is -2.42. The summed E-state index contributed by atoms with van der Waals surface area (Å²) in [5.41, 5.74) is 7.83. The Hall–Kier alpha value is -3.26. The minimum absolute atomic E-state index is 0.00805. The van der Waals surface area contributed by atoms with Gasteiger partial charge in [-0.15, -0.1) is 0 Å². The van der Waals surface area contributed by atoms with Crippen LogP contribution in [0.4, 0.5) is 10.1 Å². The van der Waals surface area contributed by atoms with Gasteiger partial charge >= 0.3 is 0 Å². The van der Waals surface area contributed by atoms with E-state index in [1.165, 1.54) is 12.1 Å². The van der Waals surface area contributed by atoms with Crippen LogP contribution in [0.2, 0.25) is 0 Å². The number of carbonyl (C=O) groups is 3. The number of primary amides is 1. The van der Waals surface area contributed by atoms with Crippen molar-refractivity contribution in [3.05, 3.63) is 65.5 Å². The van der Waals surface area contributed by atoms with Gasteiger partial charge in [0.1, 0.15) is 5.82 Å². The number of likely N-dealkylation sites (tertiary alicyclic amines) is 2. The number of nitrogens with two attached hydrogens (primary N) is 1. The van der Waals surface area contributed by atoms with Crippen LogP contribution in [-0.4, -0.2) is 65.8 Å². The monoisotopic (exact) mass is 520 g/mol. The number of piperidine rings is 2. The summed E-state index contributed by atoms with van der Waals surface area (Å²) in [6.45, 7) is 6.17. The summed E-state index contributed by atoms with van der Waals surface area (Å²) in [5.74, 6) is -0.862. The van der Waals surface area contributed by atoms with Gasteiger partial charge in [-0.05, 0) is 81.8 Å². The summed E-state index contributed by atoms with van der Waals surface area (Å²) in [4.78, 5) is 45.2. The van der Waals surface area contributed by atoms with E-state index in [0.717, 1.165) is 29.7 Å². The fourth-order valence-corrected chi connectivity index (χ4v) is 6.44. The van der Waals surface area contributed by atoms with E-state index >= 15 is 0 Å². The molecule has 3 aliphatic heterocycles. The second kappa shape index (κ2) is 10.5. The van der Waals surface area contributed by atoms with Gasteiger partial charge < -0.3 is 15.5 Å². The summed E-state index contributed by atoms with van der Waals surface area (Å²) in [7, 11) is 0. The second-order valence-corrected chi connectivity index (χ2v) is 11.5. The highest BCUT2D eigenvalue weighted by Gasteiger charge is 2.47. The van der Waals surface area contributed by atoms with E-state index < -0.39 is 11.5 Å². The standard InChI is InChI=1S/C30H37FN4O3/c1-30(2)24-10-3-4-11-25(24)35(29(30)38)23-12-15-33(16-13-23)28(37)26(18-20-7-5-9-22(31)17-20)34-14-6-8-21(19-34)27(32)36/h3-5,7,9-11,17,21,23,26H,6,8,12-16,18-19H2,1-2H3,(H2,32,36)/t21?,26-/m0/s1. The van der Waals surface area contributed by atoms with Gasteiger partial charge in [-0.2, -0.15) is 0 Å². The van der Waals surface area contributed by atoms with E-state index in [1.807, 2.05) is 54.0 Å². The van der Waals surface area contributed by atoms with Crippen molar-refractivity contribution in [2.75, 3.05) is 31.1 Å². The molecule has 7 nitrogen and oxygen atoms in total. The fraction of sp³-hybridized carbons (Fsp3) is 0.500. The Kier molecular flexibility index (Phi) is 7.27. The average molecular weight is 521 g/mol. The van der Waals surface area contributed by atoms with Crippen molar-refractivity contribution in [2.24, 2.45) is 11.7 Å². The minimum atomic E-state index is -0.565. The van der Waals surface area contributed by atoms with Crippen molar-refractivity contribution in [3.8, 4) is 0 Å². The molecule has 0 spiro atoms. The predicted molar refractivity (Wildman–Crippen MR) is 144 cm³/mol. The van der Waals surface area contributed by atoms with Crippen LogP contribution in [0.15, 0.2) is 48.5 Å². The number of amides is 3. The number of rotatable bonds is 6. The number of carbonyl (C=O) groups excluding carboxylic acids is 3. The van der Waals surface area contributed by atoms with E-state index in [4.69, 9.17) is 5.73 Å². The molecule has 3 aliphatic rings. The first-order chi connectivity index (χ1) is 18.2. The molecule has 3 heterocycles. The Morgan fingerprint density at radius 2 is 1.79 bits per heavy atom. The van der Waals surface area contributed by atoms with Gasteiger partial charge in [-0.25, -0.2) is 4.39 Å². The summed E-state index contributed by atoms with van der Waals surface area (Å²) in [6.07, 6.45) is 3.26. The third kappa shape index (κ3) is 4.94. The van der Waals surface area contributed by atoms with Gasteiger partial charge in [0.15, 0.2) is 0 Å². The maximum absolute atomic E-state index is 14.0. The molecule has 202 valence electrons. The average Bonchev–Trinajstić information content (AvgIpc) is 3.12. The molecular weight excluding hydrogens is 483 g/mol. The molecule has 0 saturated carbocycles. The third-order valence-corrected chi connectivity index (χ3v) is 8.63. The normalized spacial score (nSPS) is 22.8. The van der Waals surface area contributed by atoms with Crippen LogP contribution in [0.3, 0.4) is 0 Å². The van der Waals surface area contributed by atoms with Crippen LogP contribution >= 0.6 is 0 Å². The highest BCUT2D eigenvalue weighted by Crippen LogP contribution is 2.43. The largest absolute Gasteiger partial charge is 0.369 e. The molecule has 0 aromatic heterocycles. The lowest BCUT2D eigenvalue weighted by Crippen LogP contribution is -2.56. The first-order valence-electron chi connectivity index (χ1n) is 13.7. The maximum Gasteiger partial charge on any atom is 0.240 e. The molecule has 2 saturated heterocycles. The first-order valence-corrected chi connectivity index (χ1v) is 13.7. The number of benzene rings is 2. The smallest absolute Gasteiger partial charge is 0.240 e. The third-order valence-electron chi connectivity index (χ3n) is 8.63. The number of para-hydroxylation sites is 1. The molecule has 0 aliphatic carbocycles. The lowest BCUT2D eigenvalue weighted by atomic mass is 9.86. The second-order valence-electron chi connectivity index (χ2n) is 11.5. The molecule has 2 fully saturated rings. The molecule has 2 aromatic rings. The molecule has 1 unspecified atom stereocenters. The number of hydrogen-bond donors (Lipinski definition) is 1. The zero-order valence-electron chi connectivity index (χ0n) is 22.2. The van der Waals surface area contributed by atoms with E-state index in [2.05, 4.69) is 4.90 Å². The molecule has 5 rings (SSSR count). The predicted octanol–water partition coefficient (Wildman–Crippen LogP) is 3.25. The van der Waals surface area contributed by atoms with Crippen molar-refractivity contribution in [2.45, 2.75) is 63.5 Å². The van der Waals surface area contributed by atoms with Crippen LogP contribution in [0.5, 0.6) is 0 Å². The number of hydrogen-bond acceptors (Lipinski definition) is 4. The van der Waals surface area contributed by atoms with Gasteiger partial charge in [0, 0.05) is 31.4 Å². The van der Waals surface area contributed by atoms with Gasteiger partial charge in [0.05, 0.1) is 17.4 Å². The van der Waals surface area contributed by atoms with Gasteiger partial charge in [0.2, 0.25) is 17.7 Å². The zero-order valence-corrected chi connectivity index (χ0v) is 22.2. The molecule has 2 atom stereocenters. The Morgan fingerprint density at radius 3 is 2.50 bits per heavy atom. The summed E-state index contributed by atoms with van der Waals surface area (Å²) in [6, 6.07) is 13.9. The zero-order chi connectivity index (χ0) is 27.0. The van der Waals surface area contributed by atoms with Crippen molar-refractivity contribution in [1.29, 1.82) is 0 Å². The van der Waals surface area contributed by atoms with E-state index in [9.17, 15) is 18.8 Å². The lowest BCUT2D eigenvalue weighted by molar-refractivity contribution is -0.140. The molecule has 2 N–H and O–H groups in total. The Balaban J connectivity index is 1.32. The summed E-state index contributed by atoms with van der Waals surface area (Å²) >= 11 is 0. The highest BCUT2D eigenvalue weighted by molar-refractivity contribution is 6.08. The quantitative estimate of drug-likeness (QED) is 0.634. The number of nitrogens with zero attached hydrogens (tertiary/aromatic N) is 3. The topological polar surface area (TPSA) is 87.0 Å². The molecule has 0 bridgehead atoms. The number of anilines is 1. The maximum atomic E-state index is 14.0. The minimum Gasteiger partial charge on any atom is -0.369 e. The van der Waals surface area contributed by atoms with Crippen LogP contribution in [0, 0.1) is 11.7 Å². The first kappa shape index (κ1) is 26.4. The van der Waals surface area contributed by atoms with E-state index in [0.29, 0.717) is 45.4 Å². The van der Waals surface area contributed by atoms with Crippen LogP contribution in [0.25, 0.3) is 0 Å². The van der Waals surface area contributed by atoms with Crippen molar-refractivity contribution >= 4 is 23.4 Å². The highest BCUT2D eigenvalue weighted by atomic mass is 19.1. The van der Waals surface area contributed by atoms with E-state index in [-0.39, 0.29) is 35.5 Å². The van der Waals surface area contributed by atoms with Gasteiger partial charge in [-0.1, -0.05) is 30.3 Å². The van der Waals surface area contributed by atoms with Crippen LogP contribution in [0.1, 0.15) is 50.7 Å². The molecule has 8 heteroatoms. The van der Waals surface area contributed by atoms with Gasteiger partial charge in [-0.3, -0.25) is 19.3 Å². The van der Waals surface area contributed by atoms with Crippen molar-refractivity contribution in [1.82, 2.24) is 9.80 Å². The number of halogens is 1. The van der Waals surface area contributed by atoms with Crippen molar-refractivity contribution in [3.63, 3.8) is 0 Å². The van der Waals surface area contributed by atoms with Gasteiger partial charge in [0.25, 0.3) is 0 Å². The van der Waals surface area contributed by atoms with Crippen molar-refractivity contribution < 1.29 is 18.8 Å². The van der Waals surface area contributed by atoms with E-state index in [1.54, 1.807) is 6.07 Å². The number of fused-ring (bicyclic) bond motifs is 1. The Bertz CT molecular complexity index is 1220. The fourth-order valence-electron chi connectivity index (χ4n) is 6.44. The molecule has 38 heavy (non-hydrogen) atoms. The molecule has 2 aromatic carbocycles. The summed E-state index contributed by atoms with van der Waals surface area (Å²) < 4.78 is 14.0. The SMILES string of the molecule is CC1(C)C(=O)N(C2CCN(C(=O)[C@H](Cc3cccc(F)c3)N3CCCC(C(N)=O)C3)CC2)c2ccccc21. The van der Waals surface area contributed by atoms with Crippen LogP contribution < -0.4 is 10.6 Å².